The molecule has 6 heteroatoms. The molecule has 1 aromatic rings. The fourth-order valence-electron chi connectivity index (χ4n) is 2.39. The van der Waals surface area contributed by atoms with Crippen molar-refractivity contribution in [3.8, 4) is 0 Å². The van der Waals surface area contributed by atoms with Gasteiger partial charge in [-0.3, -0.25) is 9.59 Å². The predicted molar refractivity (Wildman–Crippen MR) is 70.3 cm³/mol. The van der Waals surface area contributed by atoms with Crippen LogP contribution in [0.25, 0.3) is 0 Å². The van der Waals surface area contributed by atoms with Gasteiger partial charge in [-0.1, -0.05) is 6.92 Å². The molecular formula is C13H20N4O2. The first-order valence-corrected chi connectivity index (χ1v) is 6.62. The fourth-order valence-corrected chi connectivity index (χ4v) is 2.39. The molecule has 2 rings (SSSR count). The van der Waals surface area contributed by atoms with Crippen molar-refractivity contribution in [2.24, 2.45) is 0 Å². The Kier molecular flexibility index (Phi) is 3.87. The summed E-state index contributed by atoms with van der Waals surface area (Å²) in [6, 6.07) is 0. The second kappa shape index (κ2) is 5.42. The van der Waals surface area contributed by atoms with E-state index in [1.54, 1.807) is 17.4 Å². The molecule has 2 amide bonds. The van der Waals surface area contributed by atoms with Crippen molar-refractivity contribution in [1.29, 1.82) is 0 Å². The Labute approximate surface area is 112 Å². The van der Waals surface area contributed by atoms with E-state index in [9.17, 15) is 9.59 Å². The van der Waals surface area contributed by atoms with Gasteiger partial charge in [0.15, 0.2) is 0 Å². The van der Waals surface area contributed by atoms with E-state index in [2.05, 4.69) is 10.3 Å². The summed E-state index contributed by atoms with van der Waals surface area (Å²) >= 11 is 0. The number of carbonyl (C=O) groups is 2. The zero-order chi connectivity index (χ0) is 13.9. The van der Waals surface area contributed by atoms with Gasteiger partial charge in [-0.05, 0) is 19.8 Å². The third-order valence-electron chi connectivity index (χ3n) is 3.83. The maximum Gasteiger partial charge on any atom is 0.246 e. The van der Waals surface area contributed by atoms with Crippen LogP contribution in [0.5, 0.6) is 0 Å². The van der Waals surface area contributed by atoms with Crippen LogP contribution in [0.2, 0.25) is 0 Å². The molecule has 0 spiro atoms. The fraction of sp³-hybridized carbons (Fsp3) is 0.615. The van der Waals surface area contributed by atoms with E-state index in [4.69, 9.17) is 0 Å². The topological polar surface area (TPSA) is 67.2 Å². The molecular weight excluding hydrogens is 244 g/mol. The third kappa shape index (κ3) is 2.62. The van der Waals surface area contributed by atoms with Gasteiger partial charge in [-0.2, -0.15) is 0 Å². The number of nitrogens with one attached hydrogen (secondary N) is 1. The number of aromatic nitrogens is 2. The summed E-state index contributed by atoms with van der Waals surface area (Å²) in [6.07, 6.45) is 6.81. The van der Waals surface area contributed by atoms with Crippen LogP contribution >= 0.6 is 0 Å². The Morgan fingerprint density at radius 2 is 2.21 bits per heavy atom. The molecule has 0 bridgehead atoms. The number of piperazine rings is 1. The van der Waals surface area contributed by atoms with E-state index in [1.807, 2.05) is 24.6 Å². The largest absolute Gasteiger partial charge is 0.345 e. The number of rotatable bonds is 5. The van der Waals surface area contributed by atoms with E-state index in [-0.39, 0.29) is 18.4 Å². The lowest BCUT2D eigenvalue weighted by Crippen LogP contribution is -2.65. The Bertz CT molecular complexity index is 457. The normalized spacial score (nSPS) is 23.6. The highest BCUT2D eigenvalue weighted by atomic mass is 16.2. The lowest BCUT2D eigenvalue weighted by molar-refractivity contribution is -0.153. The Morgan fingerprint density at radius 3 is 2.84 bits per heavy atom. The lowest BCUT2D eigenvalue weighted by Gasteiger charge is -2.43. The monoisotopic (exact) mass is 264 g/mol. The predicted octanol–water partition coefficient (Wildman–Crippen LogP) is 0.400. The minimum Gasteiger partial charge on any atom is -0.345 e. The Morgan fingerprint density at radius 1 is 1.42 bits per heavy atom. The Balaban J connectivity index is 1.99. The summed E-state index contributed by atoms with van der Waals surface area (Å²) < 4.78 is 1.97. The van der Waals surface area contributed by atoms with Crippen molar-refractivity contribution in [1.82, 2.24) is 19.8 Å². The second-order valence-electron chi connectivity index (χ2n) is 5.01. The zero-order valence-corrected chi connectivity index (χ0v) is 11.4. The number of hydrogen-bond donors (Lipinski definition) is 1. The first-order chi connectivity index (χ1) is 9.08. The van der Waals surface area contributed by atoms with E-state index >= 15 is 0 Å². The summed E-state index contributed by atoms with van der Waals surface area (Å²) in [5.41, 5.74) is -0.718. The molecule has 1 aliphatic heterocycles. The lowest BCUT2D eigenvalue weighted by atomic mass is 9.92. The zero-order valence-electron chi connectivity index (χ0n) is 11.4. The minimum atomic E-state index is -0.718. The highest BCUT2D eigenvalue weighted by Crippen LogP contribution is 2.23. The second-order valence-corrected chi connectivity index (χ2v) is 5.01. The average molecular weight is 264 g/mol. The maximum atomic E-state index is 12.0. The van der Waals surface area contributed by atoms with Crippen LogP contribution in [0.15, 0.2) is 18.7 Å². The van der Waals surface area contributed by atoms with E-state index in [1.165, 1.54) is 0 Å². The summed E-state index contributed by atoms with van der Waals surface area (Å²) in [4.78, 5) is 29.7. The highest BCUT2D eigenvalue weighted by molar-refractivity contribution is 5.97. The molecule has 6 nitrogen and oxygen atoms in total. The SMILES string of the molecule is CCC1(C)C(=O)NCC(=O)N1CCCn1ccnc1. The maximum absolute atomic E-state index is 12.0. The molecule has 1 aromatic heterocycles. The molecule has 2 heterocycles. The van der Waals surface area contributed by atoms with E-state index < -0.39 is 5.54 Å². The number of hydrogen-bond acceptors (Lipinski definition) is 3. The quantitative estimate of drug-likeness (QED) is 0.837. The molecule has 19 heavy (non-hydrogen) atoms. The molecule has 0 aromatic carbocycles. The van der Waals surface area contributed by atoms with Crippen molar-refractivity contribution in [2.75, 3.05) is 13.1 Å². The molecule has 0 saturated carbocycles. The van der Waals surface area contributed by atoms with Crippen molar-refractivity contribution in [3.05, 3.63) is 18.7 Å². The summed E-state index contributed by atoms with van der Waals surface area (Å²) in [5.74, 6) is -0.0631. The van der Waals surface area contributed by atoms with Gasteiger partial charge in [-0.25, -0.2) is 4.98 Å². The van der Waals surface area contributed by atoms with Crippen LogP contribution in [0, 0.1) is 0 Å². The molecule has 1 saturated heterocycles. The molecule has 1 N–H and O–H groups in total. The van der Waals surface area contributed by atoms with Gasteiger partial charge in [0.05, 0.1) is 12.9 Å². The smallest absolute Gasteiger partial charge is 0.246 e. The van der Waals surface area contributed by atoms with E-state index in [0.717, 1.165) is 13.0 Å². The molecule has 1 aliphatic rings. The number of amides is 2. The standard InChI is InChI=1S/C13H20N4O2/c1-3-13(2)12(19)15-9-11(18)17(13)7-4-6-16-8-5-14-10-16/h5,8,10H,3-4,6-7,9H2,1-2H3,(H,15,19). The van der Waals surface area contributed by atoms with Crippen LogP contribution in [-0.2, 0) is 16.1 Å². The average Bonchev–Trinajstić information content (AvgIpc) is 2.91. The molecule has 1 fully saturated rings. The molecule has 0 radical (unpaired) electrons. The summed E-state index contributed by atoms with van der Waals surface area (Å²) in [7, 11) is 0. The van der Waals surface area contributed by atoms with Gasteiger partial charge >= 0.3 is 0 Å². The number of carbonyl (C=O) groups excluding carboxylic acids is 2. The molecule has 1 atom stereocenters. The van der Waals surface area contributed by atoms with Crippen LogP contribution in [-0.4, -0.2) is 44.9 Å². The van der Waals surface area contributed by atoms with Gasteiger partial charge in [-0.15, -0.1) is 0 Å². The van der Waals surface area contributed by atoms with Crippen LogP contribution < -0.4 is 5.32 Å². The summed E-state index contributed by atoms with van der Waals surface area (Å²) in [5, 5.41) is 2.66. The number of imidazole rings is 1. The number of aryl methyl sites for hydroxylation is 1. The van der Waals surface area contributed by atoms with Crippen molar-refractivity contribution in [3.63, 3.8) is 0 Å². The van der Waals surface area contributed by atoms with Crippen molar-refractivity contribution in [2.45, 2.75) is 38.8 Å². The Hall–Kier alpha value is -1.85. The van der Waals surface area contributed by atoms with Crippen LogP contribution in [0.3, 0.4) is 0 Å². The van der Waals surface area contributed by atoms with Gasteiger partial charge in [0.2, 0.25) is 11.8 Å². The van der Waals surface area contributed by atoms with Crippen molar-refractivity contribution < 1.29 is 9.59 Å². The third-order valence-corrected chi connectivity index (χ3v) is 3.83. The first kappa shape index (κ1) is 13.6. The summed E-state index contributed by atoms with van der Waals surface area (Å²) in [6.45, 7) is 5.26. The molecule has 104 valence electrons. The van der Waals surface area contributed by atoms with Gasteiger partial charge in [0.1, 0.15) is 5.54 Å². The van der Waals surface area contributed by atoms with Crippen molar-refractivity contribution >= 4 is 11.8 Å². The van der Waals surface area contributed by atoms with Gasteiger partial charge in [0.25, 0.3) is 0 Å². The van der Waals surface area contributed by atoms with Crippen LogP contribution in [0.4, 0.5) is 0 Å². The first-order valence-electron chi connectivity index (χ1n) is 6.62. The van der Waals surface area contributed by atoms with Gasteiger partial charge in [0, 0.05) is 25.5 Å². The molecule has 0 aliphatic carbocycles. The minimum absolute atomic E-state index is 0.00502. The highest BCUT2D eigenvalue weighted by Gasteiger charge is 2.43. The van der Waals surface area contributed by atoms with E-state index in [0.29, 0.717) is 13.0 Å². The van der Waals surface area contributed by atoms with Gasteiger partial charge < -0.3 is 14.8 Å². The molecule has 1 unspecified atom stereocenters. The van der Waals surface area contributed by atoms with Crippen LogP contribution in [0.1, 0.15) is 26.7 Å². The number of nitrogens with zero attached hydrogens (tertiary/aromatic N) is 3.